The Kier molecular flexibility index (Phi) is 4.01. The quantitative estimate of drug-likeness (QED) is 0.798. The molecule has 1 amide bonds. The van der Waals surface area contributed by atoms with E-state index < -0.39 is 5.41 Å². The van der Waals surface area contributed by atoms with E-state index in [-0.39, 0.29) is 12.5 Å². The van der Waals surface area contributed by atoms with Crippen LogP contribution in [0.1, 0.15) is 28.9 Å². The molecule has 1 aromatic carbocycles. The van der Waals surface area contributed by atoms with Crippen molar-refractivity contribution in [3.8, 4) is 0 Å². The van der Waals surface area contributed by atoms with Crippen molar-refractivity contribution in [2.45, 2.75) is 18.3 Å². The minimum atomic E-state index is -0.417. The fourth-order valence-corrected chi connectivity index (χ4v) is 3.77. The van der Waals surface area contributed by atoms with Crippen molar-refractivity contribution in [1.29, 1.82) is 0 Å². The van der Waals surface area contributed by atoms with Crippen LogP contribution in [-0.4, -0.2) is 40.6 Å². The third-order valence-corrected chi connectivity index (χ3v) is 5.14. The lowest BCUT2D eigenvalue weighted by atomic mass is 9.74. The molecule has 5 heteroatoms. The summed E-state index contributed by atoms with van der Waals surface area (Å²) >= 11 is 0. The summed E-state index contributed by atoms with van der Waals surface area (Å²) in [4.78, 5) is 19.2. The van der Waals surface area contributed by atoms with Crippen molar-refractivity contribution in [2.75, 3.05) is 19.7 Å². The van der Waals surface area contributed by atoms with E-state index in [0.717, 1.165) is 23.8 Å². The smallest absolute Gasteiger partial charge is 0.273 e. The number of hydrogen-bond acceptors (Lipinski definition) is 4. The lowest BCUT2D eigenvalue weighted by Gasteiger charge is -2.42. The Balaban J connectivity index is 1.67. The molecule has 3 heterocycles. The highest BCUT2D eigenvalue weighted by atomic mass is 16.3. The van der Waals surface area contributed by atoms with E-state index in [1.165, 1.54) is 0 Å². The highest BCUT2D eigenvalue weighted by Crippen LogP contribution is 2.34. The van der Waals surface area contributed by atoms with Crippen LogP contribution in [0.5, 0.6) is 0 Å². The van der Waals surface area contributed by atoms with Gasteiger partial charge in [0.1, 0.15) is 11.3 Å². The number of amides is 1. The number of aromatic nitrogens is 1. The molecule has 1 aliphatic heterocycles. The standard InChI is InChI=1S/C20H20N2O3/c23-14-20(15-5-2-1-3-6-15)9-4-11-22(13-20)19(24)18-16-8-12-25-17(16)7-10-21-18/h1-3,5-8,10,12,23H,4,9,11,13-14H2. The van der Waals surface area contributed by atoms with Crippen LogP contribution in [0, 0.1) is 0 Å². The molecule has 1 atom stereocenters. The Morgan fingerprint density at radius 2 is 2.08 bits per heavy atom. The number of nitrogens with zero attached hydrogens (tertiary/aromatic N) is 2. The van der Waals surface area contributed by atoms with Crippen LogP contribution in [-0.2, 0) is 5.41 Å². The zero-order valence-corrected chi connectivity index (χ0v) is 13.9. The van der Waals surface area contributed by atoms with Crippen molar-refractivity contribution in [3.63, 3.8) is 0 Å². The van der Waals surface area contributed by atoms with Gasteiger partial charge in [0.2, 0.25) is 0 Å². The summed E-state index contributed by atoms with van der Waals surface area (Å²) in [7, 11) is 0. The van der Waals surface area contributed by atoms with E-state index in [9.17, 15) is 9.90 Å². The molecule has 0 bridgehead atoms. The predicted molar refractivity (Wildman–Crippen MR) is 94.4 cm³/mol. The second-order valence-corrected chi connectivity index (χ2v) is 6.63. The van der Waals surface area contributed by atoms with Gasteiger partial charge < -0.3 is 14.4 Å². The van der Waals surface area contributed by atoms with E-state index >= 15 is 0 Å². The molecule has 3 aromatic rings. The molecule has 0 aliphatic carbocycles. The largest absolute Gasteiger partial charge is 0.464 e. The highest BCUT2D eigenvalue weighted by Gasteiger charge is 2.38. The zero-order valence-electron chi connectivity index (χ0n) is 13.9. The second-order valence-electron chi connectivity index (χ2n) is 6.63. The molecule has 0 saturated carbocycles. The van der Waals surface area contributed by atoms with Crippen LogP contribution >= 0.6 is 0 Å². The van der Waals surface area contributed by atoms with E-state index in [2.05, 4.69) is 4.98 Å². The van der Waals surface area contributed by atoms with Crippen LogP contribution in [0.3, 0.4) is 0 Å². The fourth-order valence-electron chi connectivity index (χ4n) is 3.77. The number of carbonyl (C=O) groups excluding carboxylic acids is 1. The predicted octanol–water partition coefficient (Wildman–Crippen LogP) is 2.99. The summed E-state index contributed by atoms with van der Waals surface area (Å²) < 4.78 is 5.38. The second kappa shape index (κ2) is 6.33. The Labute approximate surface area is 145 Å². The van der Waals surface area contributed by atoms with Crippen LogP contribution in [0.15, 0.2) is 59.3 Å². The number of fused-ring (bicyclic) bond motifs is 1. The Morgan fingerprint density at radius 1 is 1.24 bits per heavy atom. The molecule has 4 rings (SSSR count). The van der Waals surface area contributed by atoms with Gasteiger partial charge in [0, 0.05) is 24.7 Å². The molecule has 5 nitrogen and oxygen atoms in total. The number of carbonyl (C=O) groups is 1. The molecular formula is C20H20N2O3. The summed E-state index contributed by atoms with van der Waals surface area (Å²) in [5.74, 6) is -0.111. The molecule has 128 valence electrons. The molecule has 1 fully saturated rings. The number of furan rings is 1. The summed E-state index contributed by atoms with van der Waals surface area (Å²) in [5, 5.41) is 10.9. The van der Waals surface area contributed by atoms with Gasteiger partial charge in [0.05, 0.1) is 18.3 Å². The molecule has 25 heavy (non-hydrogen) atoms. The van der Waals surface area contributed by atoms with Gasteiger partial charge in [-0.3, -0.25) is 9.78 Å². The maximum atomic E-state index is 13.1. The number of piperidine rings is 1. The van der Waals surface area contributed by atoms with E-state index in [1.807, 2.05) is 35.2 Å². The van der Waals surface area contributed by atoms with Crippen LogP contribution in [0.25, 0.3) is 11.0 Å². The van der Waals surface area contributed by atoms with Gasteiger partial charge >= 0.3 is 0 Å². The Hall–Kier alpha value is -2.66. The molecule has 1 saturated heterocycles. The first-order valence-corrected chi connectivity index (χ1v) is 8.51. The van der Waals surface area contributed by atoms with Gasteiger partial charge in [-0.15, -0.1) is 0 Å². The Morgan fingerprint density at radius 3 is 2.88 bits per heavy atom. The summed E-state index contributed by atoms with van der Waals surface area (Å²) in [6.07, 6.45) is 4.88. The maximum absolute atomic E-state index is 13.1. The third-order valence-electron chi connectivity index (χ3n) is 5.14. The van der Waals surface area contributed by atoms with E-state index in [4.69, 9.17) is 4.42 Å². The lowest BCUT2D eigenvalue weighted by Crippen LogP contribution is -2.50. The van der Waals surface area contributed by atoms with Gasteiger partial charge in [-0.2, -0.15) is 0 Å². The number of likely N-dealkylation sites (tertiary alicyclic amines) is 1. The van der Waals surface area contributed by atoms with Crippen molar-refractivity contribution in [1.82, 2.24) is 9.88 Å². The van der Waals surface area contributed by atoms with Gasteiger partial charge in [-0.05, 0) is 30.5 Å². The van der Waals surface area contributed by atoms with Gasteiger partial charge in [-0.1, -0.05) is 30.3 Å². The number of hydrogen-bond donors (Lipinski definition) is 1. The highest BCUT2D eigenvalue weighted by molar-refractivity contribution is 6.04. The van der Waals surface area contributed by atoms with Crippen molar-refractivity contribution >= 4 is 16.9 Å². The molecule has 2 aromatic heterocycles. The Bertz CT molecular complexity index is 890. The SMILES string of the molecule is O=C(c1nccc2occc12)N1CCCC(CO)(c2ccccc2)C1. The minimum Gasteiger partial charge on any atom is -0.464 e. The molecule has 1 unspecified atom stereocenters. The lowest BCUT2D eigenvalue weighted by molar-refractivity contribution is 0.0540. The zero-order chi connectivity index (χ0) is 17.3. The van der Waals surface area contributed by atoms with Crippen LogP contribution in [0.2, 0.25) is 0 Å². The van der Waals surface area contributed by atoms with Gasteiger partial charge in [0.15, 0.2) is 0 Å². The molecule has 1 aliphatic rings. The number of aliphatic hydroxyl groups is 1. The van der Waals surface area contributed by atoms with Crippen LogP contribution < -0.4 is 0 Å². The molecule has 0 radical (unpaired) electrons. The first-order chi connectivity index (χ1) is 12.2. The average molecular weight is 336 g/mol. The summed E-state index contributed by atoms with van der Waals surface area (Å²) in [6, 6.07) is 13.5. The number of rotatable bonds is 3. The maximum Gasteiger partial charge on any atom is 0.273 e. The topological polar surface area (TPSA) is 66.6 Å². The first-order valence-electron chi connectivity index (χ1n) is 8.51. The van der Waals surface area contributed by atoms with E-state index in [0.29, 0.717) is 24.4 Å². The molecule has 1 N–H and O–H groups in total. The first kappa shape index (κ1) is 15.8. The number of benzene rings is 1. The van der Waals surface area contributed by atoms with Crippen molar-refractivity contribution in [2.24, 2.45) is 0 Å². The fraction of sp³-hybridized carbons (Fsp3) is 0.300. The summed E-state index contributed by atoms with van der Waals surface area (Å²) in [6.45, 7) is 1.18. The van der Waals surface area contributed by atoms with E-state index in [1.54, 1.807) is 24.6 Å². The third kappa shape index (κ3) is 2.70. The van der Waals surface area contributed by atoms with Crippen molar-refractivity contribution in [3.05, 3.63) is 66.2 Å². The number of pyridine rings is 1. The average Bonchev–Trinajstić information content (AvgIpc) is 3.17. The van der Waals surface area contributed by atoms with Crippen molar-refractivity contribution < 1.29 is 14.3 Å². The normalized spacial score (nSPS) is 20.8. The monoisotopic (exact) mass is 336 g/mol. The van der Waals surface area contributed by atoms with Gasteiger partial charge in [0.25, 0.3) is 5.91 Å². The van der Waals surface area contributed by atoms with Crippen LogP contribution in [0.4, 0.5) is 0 Å². The molecular weight excluding hydrogens is 316 g/mol. The summed E-state index contributed by atoms with van der Waals surface area (Å²) in [5.41, 5.74) is 1.73. The minimum absolute atomic E-state index is 0.0180. The number of aliphatic hydroxyl groups excluding tert-OH is 1. The van der Waals surface area contributed by atoms with Gasteiger partial charge in [-0.25, -0.2) is 0 Å². The molecule has 0 spiro atoms.